The summed E-state index contributed by atoms with van der Waals surface area (Å²) in [7, 11) is 1.58. The molecule has 0 aliphatic heterocycles. The van der Waals surface area contributed by atoms with Crippen LogP contribution in [0.4, 0.5) is 0 Å². The number of hydrogen-bond acceptors (Lipinski definition) is 2. The van der Waals surface area contributed by atoms with Gasteiger partial charge in [-0.3, -0.25) is 0 Å². The van der Waals surface area contributed by atoms with Crippen LogP contribution in [-0.4, -0.2) is 12.1 Å². The largest absolute Gasteiger partial charge is 0.481 e. The molecule has 0 atom stereocenters. The highest BCUT2D eigenvalue weighted by Gasteiger charge is 2.01. The van der Waals surface area contributed by atoms with Crippen molar-refractivity contribution in [2.75, 3.05) is 7.11 Å². The Morgan fingerprint density at radius 1 is 1.64 bits per heavy atom. The lowest BCUT2D eigenvalue weighted by Gasteiger charge is -2.01. The summed E-state index contributed by atoms with van der Waals surface area (Å²) in [5.74, 6) is 0.587. The molecule has 11 heavy (non-hydrogen) atoms. The highest BCUT2D eigenvalue weighted by molar-refractivity contribution is 9.08. The molecule has 1 aromatic rings. The number of nitrogens with zero attached hydrogens (tertiary/aromatic N) is 1. The summed E-state index contributed by atoms with van der Waals surface area (Å²) in [6.45, 7) is 0. The molecule has 0 bridgehead atoms. The molecule has 0 fully saturated rings. The van der Waals surface area contributed by atoms with E-state index >= 15 is 0 Å². The number of hydrogen-bond donors (Lipinski definition) is 0. The summed E-state index contributed by atoms with van der Waals surface area (Å²) in [4.78, 5) is 4.11. The zero-order valence-electron chi connectivity index (χ0n) is 5.97. The molecular weight excluding hydrogens is 229 g/mol. The highest BCUT2D eigenvalue weighted by atomic mass is 79.9. The van der Waals surface area contributed by atoms with Gasteiger partial charge in [0, 0.05) is 11.4 Å². The summed E-state index contributed by atoms with van der Waals surface area (Å²) >= 11 is 9.07. The minimum absolute atomic E-state index is 0.587. The van der Waals surface area contributed by atoms with E-state index in [9.17, 15) is 0 Å². The van der Waals surface area contributed by atoms with Gasteiger partial charge >= 0.3 is 0 Å². The van der Waals surface area contributed by atoms with Gasteiger partial charge in [0.25, 0.3) is 0 Å². The van der Waals surface area contributed by atoms with Crippen molar-refractivity contribution in [3.05, 3.63) is 22.8 Å². The van der Waals surface area contributed by atoms with Crippen molar-refractivity contribution < 1.29 is 4.74 Å². The first kappa shape index (κ1) is 8.81. The molecule has 0 aliphatic rings. The van der Waals surface area contributed by atoms with Gasteiger partial charge in [-0.1, -0.05) is 27.5 Å². The van der Waals surface area contributed by atoms with Crippen LogP contribution in [-0.2, 0) is 5.33 Å². The Morgan fingerprint density at radius 2 is 2.36 bits per heavy atom. The van der Waals surface area contributed by atoms with Crippen molar-refractivity contribution in [3.8, 4) is 5.88 Å². The van der Waals surface area contributed by atoms with Crippen molar-refractivity contribution in [1.29, 1.82) is 0 Å². The number of ether oxygens (including phenoxy) is 1. The number of aromatic nitrogens is 1. The third kappa shape index (κ3) is 2.07. The lowest BCUT2D eigenvalue weighted by Crippen LogP contribution is -1.91. The fourth-order valence-corrected chi connectivity index (χ4v) is 1.43. The van der Waals surface area contributed by atoms with Gasteiger partial charge in [-0.2, -0.15) is 0 Å². The summed E-state index contributed by atoms with van der Waals surface area (Å²) in [5.41, 5.74) is 0.797. The standard InChI is InChI=1S/C7H7BrClNO/c1-11-7-3-2-5(9)6(4-8)10-7/h2-3H,4H2,1H3. The summed E-state index contributed by atoms with van der Waals surface area (Å²) in [6, 6.07) is 3.50. The van der Waals surface area contributed by atoms with E-state index in [1.807, 2.05) is 0 Å². The molecule has 0 saturated heterocycles. The Hall–Kier alpha value is -0.280. The fourth-order valence-electron chi connectivity index (χ4n) is 0.672. The second kappa shape index (κ2) is 3.93. The molecule has 0 unspecified atom stereocenters. The van der Waals surface area contributed by atoms with Crippen LogP contribution in [0.15, 0.2) is 12.1 Å². The van der Waals surface area contributed by atoms with E-state index < -0.39 is 0 Å². The minimum atomic E-state index is 0.587. The fraction of sp³-hybridized carbons (Fsp3) is 0.286. The predicted octanol–water partition coefficient (Wildman–Crippen LogP) is 2.64. The lowest BCUT2D eigenvalue weighted by molar-refractivity contribution is 0.397. The van der Waals surface area contributed by atoms with Crippen LogP contribution in [0.3, 0.4) is 0 Å². The number of rotatable bonds is 2. The number of alkyl halides is 1. The van der Waals surface area contributed by atoms with Crippen LogP contribution in [0, 0.1) is 0 Å². The first-order valence-electron chi connectivity index (χ1n) is 3.03. The average molecular weight is 236 g/mol. The monoisotopic (exact) mass is 235 g/mol. The Labute approximate surface area is 78.7 Å². The Kier molecular flexibility index (Phi) is 3.15. The lowest BCUT2D eigenvalue weighted by atomic mass is 10.4. The van der Waals surface area contributed by atoms with Gasteiger partial charge in [-0.05, 0) is 6.07 Å². The van der Waals surface area contributed by atoms with Crippen molar-refractivity contribution in [2.45, 2.75) is 5.33 Å². The maximum Gasteiger partial charge on any atom is 0.213 e. The zero-order valence-corrected chi connectivity index (χ0v) is 8.32. The van der Waals surface area contributed by atoms with Gasteiger partial charge in [0.05, 0.1) is 17.8 Å². The molecule has 0 saturated carbocycles. The first-order chi connectivity index (χ1) is 5.27. The molecule has 2 nitrogen and oxygen atoms in total. The van der Waals surface area contributed by atoms with Crippen LogP contribution in [0.2, 0.25) is 5.02 Å². The van der Waals surface area contributed by atoms with Crippen molar-refractivity contribution in [3.63, 3.8) is 0 Å². The number of halogens is 2. The molecule has 1 heterocycles. The topological polar surface area (TPSA) is 22.1 Å². The van der Waals surface area contributed by atoms with Crippen LogP contribution < -0.4 is 4.74 Å². The normalized spacial score (nSPS) is 9.73. The summed E-state index contributed by atoms with van der Waals surface area (Å²) in [6.07, 6.45) is 0. The van der Waals surface area contributed by atoms with Crippen LogP contribution >= 0.6 is 27.5 Å². The van der Waals surface area contributed by atoms with Gasteiger partial charge in [-0.25, -0.2) is 4.98 Å². The maximum absolute atomic E-state index is 5.81. The predicted molar refractivity (Wildman–Crippen MR) is 48.4 cm³/mol. The first-order valence-corrected chi connectivity index (χ1v) is 4.53. The van der Waals surface area contributed by atoms with Gasteiger partial charge in [-0.15, -0.1) is 0 Å². The third-order valence-corrected chi connectivity index (χ3v) is 2.10. The van der Waals surface area contributed by atoms with Crippen molar-refractivity contribution in [2.24, 2.45) is 0 Å². The zero-order chi connectivity index (χ0) is 8.27. The molecule has 1 rings (SSSR count). The molecule has 0 amide bonds. The van der Waals surface area contributed by atoms with E-state index in [-0.39, 0.29) is 0 Å². The van der Waals surface area contributed by atoms with Crippen LogP contribution in [0.1, 0.15) is 5.69 Å². The van der Waals surface area contributed by atoms with E-state index in [2.05, 4.69) is 20.9 Å². The highest BCUT2D eigenvalue weighted by Crippen LogP contribution is 2.19. The second-order valence-corrected chi connectivity index (χ2v) is 2.88. The van der Waals surface area contributed by atoms with E-state index in [1.165, 1.54) is 0 Å². The molecule has 0 aromatic carbocycles. The SMILES string of the molecule is COc1ccc(Cl)c(CBr)n1. The number of methoxy groups -OCH3 is 1. The van der Waals surface area contributed by atoms with E-state index in [0.29, 0.717) is 16.2 Å². The van der Waals surface area contributed by atoms with E-state index in [1.54, 1.807) is 19.2 Å². The molecule has 60 valence electrons. The third-order valence-electron chi connectivity index (χ3n) is 1.23. The van der Waals surface area contributed by atoms with Gasteiger partial charge < -0.3 is 4.74 Å². The van der Waals surface area contributed by atoms with Crippen LogP contribution in [0.25, 0.3) is 0 Å². The maximum atomic E-state index is 5.81. The van der Waals surface area contributed by atoms with E-state index in [4.69, 9.17) is 16.3 Å². The van der Waals surface area contributed by atoms with Gasteiger partial charge in [0.1, 0.15) is 0 Å². The average Bonchev–Trinajstić information content (AvgIpc) is 2.05. The summed E-state index contributed by atoms with van der Waals surface area (Å²) in [5, 5.41) is 1.30. The van der Waals surface area contributed by atoms with Crippen LogP contribution in [0.5, 0.6) is 5.88 Å². The van der Waals surface area contributed by atoms with Crippen molar-refractivity contribution in [1.82, 2.24) is 4.98 Å². The van der Waals surface area contributed by atoms with Crippen molar-refractivity contribution >= 4 is 27.5 Å². The summed E-state index contributed by atoms with van der Waals surface area (Å²) < 4.78 is 4.92. The molecular formula is C7H7BrClNO. The van der Waals surface area contributed by atoms with Gasteiger partial charge in [0.2, 0.25) is 5.88 Å². The second-order valence-electron chi connectivity index (χ2n) is 1.92. The Morgan fingerprint density at radius 3 is 2.91 bits per heavy atom. The Bertz CT molecular complexity index is 254. The smallest absolute Gasteiger partial charge is 0.213 e. The molecule has 0 radical (unpaired) electrons. The molecule has 0 spiro atoms. The quantitative estimate of drug-likeness (QED) is 0.737. The number of pyridine rings is 1. The van der Waals surface area contributed by atoms with E-state index in [0.717, 1.165) is 5.69 Å². The molecule has 1 aromatic heterocycles. The minimum Gasteiger partial charge on any atom is -0.481 e. The molecule has 4 heteroatoms. The Balaban J connectivity index is 3.02. The van der Waals surface area contributed by atoms with Gasteiger partial charge in [0.15, 0.2) is 0 Å². The molecule has 0 aliphatic carbocycles. The molecule has 0 N–H and O–H groups in total.